The Morgan fingerprint density at radius 3 is 2.71 bits per heavy atom. The van der Waals surface area contributed by atoms with Crippen LogP contribution in [0.2, 0.25) is 0 Å². The van der Waals surface area contributed by atoms with Crippen molar-refractivity contribution in [1.29, 1.82) is 0 Å². The molecule has 8 heteroatoms. The molecule has 1 N–H and O–H groups in total. The molecule has 24 heavy (non-hydrogen) atoms. The van der Waals surface area contributed by atoms with Gasteiger partial charge in [0, 0.05) is 19.2 Å². The van der Waals surface area contributed by atoms with Crippen molar-refractivity contribution in [2.24, 2.45) is 5.92 Å². The third-order valence-corrected chi connectivity index (χ3v) is 3.06. The number of ether oxygens (including phenoxy) is 2. The second kappa shape index (κ2) is 8.97. The van der Waals surface area contributed by atoms with Gasteiger partial charge in [-0.05, 0) is 35.4 Å². The van der Waals surface area contributed by atoms with Crippen LogP contribution in [0.3, 0.4) is 0 Å². The van der Waals surface area contributed by atoms with Crippen LogP contribution < -0.4 is 10.1 Å². The highest BCUT2D eigenvalue weighted by Gasteiger charge is 2.09. The molecule has 130 valence electrons. The van der Waals surface area contributed by atoms with Crippen LogP contribution in [-0.2, 0) is 16.1 Å². The molecule has 0 saturated heterocycles. The molecule has 0 fully saturated rings. The van der Waals surface area contributed by atoms with Crippen LogP contribution in [0.1, 0.15) is 13.8 Å². The molecular formula is C16H23N5O3. The standard InChI is InChI=1S/C16H23N5O3/c1-12(2)11-24-14-6-4-13(5-7-14)16-18-20-21(19-16)10-15(22)17-8-9-23-3/h4-7,12H,8-11H2,1-3H3,(H,17,22). The van der Waals surface area contributed by atoms with Crippen molar-refractivity contribution >= 4 is 5.91 Å². The smallest absolute Gasteiger partial charge is 0.243 e. The number of nitrogens with one attached hydrogen (secondary N) is 1. The van der Waals surface area contributed by atoms with E-state index < -0.39 is 0 Å². The van der Waals surface area contributed by atoms with Gasteiger partial charge in [-0.15, -0.1) is 10.2 Å². The van der Waals surface area contributed by atoms with Crippen LogP contribution in [0.25, 0.3) is 11.4 Å². The van der Waals surface area contributed by atoms with Crippen molar-refractivity contribution in [2.45, 2.75) is 20.4 Å². The molecule has 2 aromatic rings. The summed E-state index contributed by atoms with van der Waals surface area (Å²) >= 11 is 0. The highest BCUT2D eigenvalue weighted by atomic mass is 16.5. The van der Waals surface area contributed by atoms with Gasteiger partial charge in [0.05, 0.1) is 13.2 Å². The van der Waals surface area contributed by atoms with E-state index in [0.29, 0.717) is 31.5 Å². The summed E-state index contributed by atoms with van der Waals surface area (Å²) in [7, 11) is 1.58. The fourth-order valence-corrected chi connectivity index (χ4v) is 1.87. The third-order valence-electron chi connectivity index (χ3n) is 3.06. The number of aromatic nitrogens is 4. The van der Waals surface area contributed by atoms with Gasteiger partial charge >= 0.3 is 0 Å². The monoisotopic (exact) mass is 333 g/mol. The lowest BCUT2D eigenvalue weighted by molar-refractivity contribution is -0.122. The number of rotatable bonds is 9. The predicted molar refractivity (Wildman–Crippen MR) is 88.5 cm³/mol. The SMILES string of the molecule is COCCNC(=O)Cn1nnc(-c2ccc(OCC(C)C)cc2)n1. The number of hydrogen-bond donors (Lipinski definition) is 1. The van der Waals surface area contributed by atoms with Gasteiger partial charge in [0.15, 0.2) is 0 Å². The maximum atomic E-state index is 11.7. The highest BCUT2D eigenvalue weighted by molar-refractivity contribution is 5.75. The van der Waals surface area contributed by atoms with E-state index in [1.807, 2.05) is 24.3 Å². The van der Waals surface area contributed by atoms with Crippen molar-refractivity contribution in [3.05, 3.63) is 24.3 Å². The Balaban J connectivity index is 1.91. The third kappa shape index (κ3) is 5.62. The summed E-state index contributed by atoms with van der Waals surface area (Å²) in [5.41, 5.74) is 0.818. The van der Waals surface area contributed by atoms with E-state index in [1.165, 1.54) is 4.80 Å². The Hall–Kier alpha value is -2.48. The number of amides is 1. The second-order valence-electron chi connectivity index (χ2n) is 5.72. The van der Waals surface area contributed by atoms with Crippen LogP contribution in [0, 0.1) is 5.92 Å². The van der Waals surface area contributed by atoms with Crippen LogP contribution in [0.5, 0.6) is 5.75 Å². The van der Waals surface area contributed by atoms with Gasteiger partial charge in [-0.1, -0.05) is 13.8 Å². The second-order valence-corrected chi connectivity index (χ2v) is 5.72. The van der Waals surface area contributed by atoms with Crippen molar-refractivity contribution in [2.75, 3.05) is 26.9 Å². The van der Waals surface area contributed by atoms with Gasteiger partial charge in [0.1, 0.15) is 12.3 Å². The van der Waals surface area contributed by atoms with Crippen molar-refractivity contribution < 1.29 is 14.3 Å². The summed E-state index contributed by atoms with van der Waals surface area (Å²) < 4.78 is 10.5. The maximum Gasteiger partial charge on any atom is 0.243 e. The van der Waals surface area contributed by atoms with Crippen LogP contribution in [0.4, 0.5) is 0 Å². The molecule has 0 radical (unpaired) electrons. The van der Waals surface area contributed by atoms with E-state index in [2.05, 4.69) is 34.6 Å². The van der Waals surface area contributed by atoms with E-state index in [4.69, 9.17) is 9.47 Å². The average molecular weight is 333 g/mol. The quantitative estimate of drug-likeness (QED) is 0.692. The Labute approximate surface area is 141 Å². The summed E-state index contributed by atoms with van der Waals surface area (Å²) in [6.07, 6.45) is 0. The predicted octanol–water partition coefficient (Wildman–Crippen LogP) is 1.14. The van der Waals surface area contributed by atoms with Crippen LogP contribution in [-0.4, -0.2) is 53.0 Å². The topological polar surface area (TPSA) is 91.2 Å². The molecule has 0 atom stereocenters. The van der Waals surface area contributed by atoms with Crippen LogP contribution in [0.15, 0.2) is 24.3 Å². The molecule has 1 aromatic heterocycles. The fraction of sp³-hybridized carbons (Fsp3) is 0.500. The zero-order valence-electron chi connectivity index (χ0n) is 14.2. The molecule has 0 saturated carbocycles. The fourth-order valence-electron chi connectivity index (χ4n) is 1.87. The first kappa shape index (κ1) is 17.9. The Bertz CT molecular complexity index is 639. The Morgan fingerprint density at radius 2 is 2.04 bits per heavy atom. The first-order chi connectivity index (χ1) is 11.6. The van der Waals surface area contributed by atoms with Crippen molar-refractivity contribution in [3.8, 4) is 17.1 Å². The average Bonchev–Trinajstić information content (AvgIpc) is 3.02. The number of nitrogens with zero attached hydrogens (tertiary/aromatic N) is 4. The van der Waals surface area contributed by atoms with E-state index in [-0.39, 0.29) is 12.5 Å². The number of carbonyl (C=O) groups excluding carboxylic acids is 1. The van der Waals surface area contributed by atoms with E-state index >= 15 is 0 Å². The van der Waals surface area contributed by atoms with Gasteiger partial charge in [0.25, 0.3) is 0 Å². The minimum atomic E-state index is -0.187. The lowest BCUT2D eigenvalue weighted by Gasteiger charge is -2.08. The highest BCUT2D eigenvalue weighted by Crippen LogP contribution is 2.19. The van der Waals surface area contributed by atoms with Gasteiger partial charge in [0.2, 0.25) is 11.7 Å². The van der Waals surface area contributed by atoms with E-state index in [9.17, 15) is 4.79 Å². The van der Waals surface area contributed by atoms with E-state index in [1.54, 1.807) is 7.11 Å². The minimum absolute atomic E-state index is 0.0201. The Morgan fingerprint density at radius 1 is 1.29 bits per heavy atom. The lowest BCUT2D eigenvalue weighted by atomic mass is 10.2. The molecule has 0 unspecified atom stereocenters. The van der Waals surface area contributed by atoms with Gasteiger partial charge in [-0.25, -0.2) is 0 Å². The largest absolute Gasteiger partial charge is 0.493 e. The molecule has 0 aliphatic carbocycles. The molecule has 1 amide bonds. The molecular weight excluding hydrogens is 310 g/mol. The van der Waals surface area contributed by atoms with Gasteiger partial charge in [-0.2, -0.15) is 4.80 Å². The number of hydrogen-bond acceptors (Lipinski definition) is 6. The van der Waals surface area contributed by atoms with E-state index in [0.717, 1.165) is 11.3 Å². The summed E-state index contributed by atoms with van der Waals surface area (Å²) in [6.45, 7) is 5.81. The summed E-state index contributed by atoms with van der Waals surface area (Å²) in [6, 6.07) is 7.48. The first-order valence-corrected chi connectivity index (χ1v) is 7.85. The number of tetrazole rings is 1. The number of benzene rings is 1. The zero-order valence-corrected chi connectivity index (χ0v) is 14.2. The van der Waals surface area contributed by atoms with Gasteiger partial charge < -0.3 is 14.8 Å². The normalized spacial score (nSPS) is 10.8. The maximum absolute atomic E-state index is 11.7. The molecule has 0 aliphatic heterocycles. The molecule has 2 rings (SSSR count). The minimum Gasteiger partial charge on any atom is -0.493 e. The summed E-state index contributed by atoms with van der Waals surface area (Å²) in [4.78, 5) is 13.0. The molecule has 0 spiro atoms. The first-order valence-electron chi connectivity index (χ1n) is 7.85. The number of methoxy groups -OCH3 is 1. The lowest BCUT2D eigenvalue weighted by Crippen LogP contribution is -2.31. The molecule has 8 nitrogen and oxygen atoms in total. The molecule has 0 bridgehead atoms. The van der Waals surface area contributed by atoms with Crippen LogP contribution >= 0.6 is 0 Å². The molecule has 0 aliphatic rings. The molecule has 1 aromatic carbocycles. The van der Waals surface area contributed by atoms with Gasteiger partial charge in [-0.3, -0.25) is 4.79 Å². The molecule has 1 heterocycles. The summed E-state index contributed by atoms with van der Waals surface area (Å²) in [5, 5.41) is 14.8. The number of carbonyl (C=O) groups is 1. The van der Waals surface area contributed by atoms with Crippen molar-refractivity contribution in [3.63, 3.8) is 0 Å². The van der Waals surface area contributed by atoms with Crippen molar-refractivity contribution in [1.82, 2.24) is 25.5 Å². The summed E-state index contributed by atoms with van der Waals surface area (Å²) in [5.74, 6) is 1.56. The zero-order chi connectivity index (χ0) is 17.4. The Kier molecular flexibility index (Phi) is 6.68.